The molecule has 0 atom stereocenters. The Morgan fingerprint density at radius 3 is 2.38 bits per heavy atom. The highest BCUT2D eigenvalue weighted by atomic mass is 15.1. The fraction of sp³-hybridized carbons (Fsp3) is 0.222. The minimum absolute atomic E-state index is 0.124. The first-order valence-corrected chi connectivity index (χ1v) is 7.36. The summed E-state index contributed by atoms with van der Waals surface area (Å²) in [4.78, 5) is 2.40. The van der Waals surface area contributed by atoms with Gasteiger partial charge >= 0.3 is 0 Å². The number of nitrogens with zero attached hydrogens (tertiary/aromatic N) is 1. The molecule has 1 radical (unpaired) electrons. The summed E-state index contributed by atoms with van der Waals surface area (Å²) < 4.78 is 0. The number of nitrogen functional groups attached to an aromatic ring is 1. The fourth-order valence-corrected chi connectivity index (χ4v) is 2.81. The van der Waals surface area contributed by atoms with Crippen LogP contribution in [-0.4, -0.2) is 18.9 Å². The second-order valence-corrected chi connectivity index (χ2v) is 5.36. The van der Waals surface area contributed by atoms with Gasteiger partial charge in [0.1, 0.15) is 5.84 Å². The van der Waals surface area contributed by atoms with Crippen LogP contribution in [0.3, 0.4) is 0 Å². The van der Waals surface area contributed by atoms with E-state index in [1.165, 1.54) is 16.8 Å². The average molecular weight is 278 g/mol. The van der Waals surface area contributed by atoms with Gasteiger partial charge in [-0.15, -0.1) is 0 Å². The van der Waals surface area contributed by atoms with Gasteiger partial charge in [0.25, 0.3) is 0 Å². The third-order valence-electron chi connectivity index (χ3n) is 3.94. The van der Waals surface area contributed by atoms with E-state index in [1.807, 2.05) is 12.1 Å². The summed E-state index contributed by atoms with van der Waals surface area (Å²) in [7, 11) is 0. The lowest BCUT2D eigenvalue weighted by atomic mass is 9.99. The van der Waals surface area contributed by atoms with Crippen LogP contribution in [0.15, 0.2) is 48.5 Å². The van der Waals surface area contributed by atoms with Gasteiger partial charge in [-0.05, 0) is 30.9 Å². The average Bonchev–Trinajstić information content (AvgIpc) is 2.56. The van der Waals surface area contributed by atoms with Crippen molar-refractivity contribution >= 4 is 11.5 Å². The molecule has 0 amide bonds. The first-order chi connectivity index (χ1) is 10.3. The summed E-state index contributed by atoms with van der Waals surface area (Å²) in [5.41, 5.74) is 10.0. The zero-order chi connectivity index (χ0) is 14.7. The highest BCUT2D eigenvalue weighted by Crippen LogP contribution is 2.33. The zero-order valence-corrected chi connectivity index (χ0v) is 12.0. The Kier molecular flexibility index (Phi) is 3.91. The maximum atomic E-state index is 7.67. The molecular formula is C18H20N3. The van der Waals surface area contributed by atoms with Crippen LogP contribution in [0.4, 0.5) is 5.69 Å². The van der Waals surface area contributed by atoms with E-state index in [9.17, 15) is 0 Å². The van der Waals surface area contributed by atoms with Crippen molar-refractivity contribution in [2.45, 2.75) is 12.8 Å². The molecule has 1 fully saturated rings. The van der Waals surface area contributed by atoms with Crippen LogP contribution in [0.5, 0.6) is 0 Å². The van der Waals surface area contributed by atoms with Crippen LogP contribution in [-0.2, 0) is 0 Å². The van der Waals surface area contributed by atoms with Gasteiger partial charge in [-0.2, -0.15) is 0 Å². The van der Waals surface area contributed by atoms with Crippen LogP contribution >= 0.6 is 0 Å². The van der Waals surface area contributed by atoms with E-state index in [0.29, 0.717) is 0 Å². The van der Waals surface area contributed by atoms with Gasteiger partial charge in [0.2, 0.25) is 0 Å². The normalized spacial score (nSPS) is 15.0. The van der Waals surface area contributed by atoms with Crippen molar-refractivity contribution in [2.24, 2.45) is 5.73 Å². The third kappa shape index (κ3) is 2.92. The maximum absolute atomic E-state index is 7.67. The number of amidine groups is 1. The molecule has 1 aliphatic rings. The van der Waals surface area contributed by atoms with Gasteiger partial charge < -0.3 is 10.6 Å². The Morgan fingerprint density at radius 2 is 1.71 bits per heavy atom. The van der Waals surface area contributed by atoms with Gasteiger partial charge in [-0.1, -0.05) is 42.5 Å². The molecule has 0 saturated carbocycles. The molecule has 0 aromatic heterocycles. The standard InChI is InChI=1S/C18H20N3/c19-18(20)15-9-10-16(14-7-3-1-4-8-14)17(13-15)21-11-5-2-6-12-21/h1-4,7-10,13H,5-6,11-12H2,(H3,19,20). The minimum Gasteiger partial charge on any atom is -0.384 e. The van der Waals surface area contributed by atoms with E-state index in [0.717, 1.165) is 31.5 Å². The minimum atomic E-state index is 0.124. The molecule has 1 heterocycles. The van der Waals surface area contributed by atoms with Crippen molar-refractivity contribution in [3.05, 3.63) is 60.5 Å². The van der Waals surface area contributed by atoms with Crippen LogP contribution in [0.2, 0.25) is 0 Å². The van der Waals surface area contributed by atoms with Crippen molar-refractivity contribution in [3.8, 4) is 11.1 Å². The SMILES string of the molecule is N=C(N)c1ccc(-c2ccccc2)c(N2CC[CH]CC2)c1. The Hall–Kier alpha value is -2.29. The predicted octanol–water partition coefficient (Wildman–Crippen LogP) is 3.44. The molecule has 107 valence electrons. The molecular weight excluding hydrogens is 258 g/mol. The van der Waals surface area contributed by atoms with Crippen molar-refractivity contribution in [2.75, 3.05) is 18.0 Å². The largest absolute Gasteiger partial charge is 0.384 e. The number of piperidine rings is 1. The lowest BCUT2D eigenvalue weighted by Gasteiger charge is -2.31. The molecule has 3 nitrogen and oxygen atoms in total. The molecule has 3 rings (SSSR count). The molecule has 1 aliphatic heterocycles. The topological polar surface area (TPSA) is 53.1 Å². The molecule has 2 aromatic carbocycles. The maximum Gasteiger partial charge on any atom is 0.122 e. The van der Waals surface area contributed by atoms with Gasteiger partial charge in [0.05, 0.1) is 0 Å². The third-order valence-corrected chi connectivity index (χ3v) is 3.94. The second kappa shape index (κ2) is 6.00. The van der Waals surface area contributed by atoms with E-state index in [-0.39, 0.29) is 5.84 Å². The number of nitrogens with two attached hydrogens (primary N) is 1. The second-order valence-electron chi connectivity index (χ2n) is 5.36. The van der Waals surface area contributed by atoms with E-state index >= 15 is 0 Å². The summed E-state index contributed by atoms with van der Waals surface area (Å²) in [6.45, 7) is 2.06. The number of hydrogen-bond acceptors (Lipinski definition) is 2. The molecule has 2 aromatic rings. The molecule has 21 heavy (non-hydrogen) atoms. The number of nitrogens with one attached hydrogen (secondary N) is 1. The van der Waals surface area contributed by atoms with Gasteiger partial charge in [0, 0.05) is 29.9 Å². The molecule has 0 spiro atoms. The molecule has 0 unspecified atom stereocenters. The summed E-state index contributed by atoms with van der Waals surface area (Å²) in [6, 6.07) is 16.5. The molecule has 3 heteroatoms. The number of rotatable bonds is 3. The number of benzene rings is 2. The first kappa shape index (κ1) is 13.7. The van der Waals surface area contributed by atoms with Crippen molar-refractivity contribution in [1.82, 2.24) is 0 Å². The summed E-state index contributed by atoms with van der Waals surface area (Å²) >= 11 is 0. The van der Waals surface area contributed by atoms with E-state index < -0.39 is 0 Å². The molecule has 0 bridgehead atoms. The highest BCUT2D eigenvalue weighted by molar-refractivity contribution is 5.97. The summed E-state index contributed by atoms with van der Waals surface area (Å²) in [5, 5.41) is 7.67. The first-order valence-electron chi connectivity index (χ1n) is 7.36. The van der Waals surface area contributed by atoms with Crippen LogP contribution in [0.1, 0.15) is 18.4 Å². The van der Waals surface area contributed by atoms with Crippen LogP contribution < -0.4 is 10.6 Å². The predicted molar refractivity (Wildman–Crippen MR) is 88.6 cm³/mol. The smallest absolute Gasteiger partial charge is 0.122 e. The van der Waals surface area contributed by atoms with E-state index in [4.69, 9.17) is 11.1 Å². The zero-order valence-electron chi connectivity index (χ0n) is 12.0. The quantitative estimate of drug-likeness (QED) is 0.667. The van der Waals surface area contributed by atoms with E-state index in [2.05, 4.69) is 47.7 Å². The van der Waals surface area contributed by atoms with Gasteiger partial charge in [-0.3, -0.25) is 5.41 Å². The lowest BCUT2D eigenvalue weighted by Crippen LogP contribution is -2.30. The van der Waals surface area contributed by atoms with Gasteiger partial charge in [-0.25, -0.2) is 0 Å². The lowest BCUT2D eigenvalue weighted by molar-refractivity contribution is 0.679. The van der Waals surface area contributed by atoms with Gasteiger partial charge in [0.15, 0.2) is 0 Å². The Bertz CT molecular complexity index is 628. The molecule has 3 N–H and O–H groups in total. The summed E-state index contributed by atoms with van der Waals surface area (Å²) in [5.74, 6) is 0.124. The monoisotopic (exact) mass is 278 g/mol. The van der Waals surface area contributed by atoms with Crippen molar-refractivity contribution in [1.29, 1.82) is 5.41 Å². The van der Waals surface area contributed by atoms with E-state index in [1.54, 1.807) is 0 Å². The Morgan fingerprint density at radius 1 is 1.00 bits per heavy atom. The van der Waals surface area contributed by atoms with Crippen LogP contribution in [0.25, 0.3) is 11.1 Å². The van der Waals surface area contributed by atoms with Crippen molar-refractivity contribution < 1.29 is 0 Å². The molecule has 1 saturated heterocycles. The highest BCUT2D eigenvalue weighted by Gasteiger charge is 2.16. The number of hydrogen-bond donors (Lipinski definition) is 2. The Labute approximate surface area is 125 Å². The molecule has 0 aliphatic carbocycles. The fourth-order valence-electron chi connectivity index (χ4n) is 2.81. The Balaban J connectivity index is 2.08. The summed E-state index contributed by atoms with van der Waals surface area (Å²) in [6.07, 6.45) is 4.56. The van der Waals surface area contributed by atoms with Crippen LogP contribution in [0, 0.1) is 11.8 Å². The van der Waals surface area contributed by atoms with Crippen molar-refractivity contribution in [3.63, 3.8) is 0 Å². The number of anilines is 1.